The second-order valence-electron chi connectivity index (χ2n) is 5.17. The summed E-state index contributed by atoms with van der Waals surface area (Å²) in [5.74, 6) is 0.731. The third-order valence-corrected chi connectivity index (χ3v) is 4.11. The number of fused-ring (bicyclic) bond motifs is 1. The molecule has 1 aliphatic rings. The minimum Gasteiger partial charge on any atom is -0.458 e. The quantitative estimate of drug-likeness (QED) is 0.873. The van der Waals surface area contributed by atoms with Crippen LogP contribution in [0.5, 0.6) is 0 Å². The molecule has 1 aromatic heterocycles. The highest BCUT2D eigenvalue weighted by Gasteiger charge is 2.22. The summed E-state index contributed by atoms with van der Waals surface area (Å²) in [6.45, 7) is 2.87. The first kappa shape index (κ1) is 13.1. The zero-order valence-electron chi connectivity index (χ0n) is 10.9. The Labute approximate surface area is 120 Å². The van der Waals surface area contributed by atoms with Gasteiger partial charge >= 0.3 is 0 Å². The van der Waals surface area contributed by atoms with Crippen molar-refractivity contribution in [2.45, 2.75) is 45.2 Å². The maximum Gasteiger partial charge on any atom is 0.149 e. The fraction of sp³-hybridized carbons (Fsp3) is 0.467. The van der Waals surface area contributed by atoms with Crippen molar-refractivity contribution in [1.29, 1.82) is 0 Å². The fourth-order valence-electron chi connectivity index (χ4n) is 2.41. The first-order valence-corrected chi connectivity index (χ1v) is 7.61. The largest absolute Gasteiger partial charge is 0.458 e. The summed E-state index contributed by atoms with van der Waals surface area (Å²) in [7, 11) is 0. The van der Waals surface area contributed by atoms with Gasteiger partial charge in [0, 0.05) is 17.0 Å². The number of hydrogen-bond donors (Lipinski definition) is 1. The lowest BCUT2D eigenvalue weighted by Gasteiger charge is -2.02. The summed E-state index contributed by atoms with van der Waals surface area (Å²) in [6, 6.07) is 3.68. The molecule has 0 saturated heterocycles. The number of furan rings is 1. The normalized spacial score (nSPS) is 15.3. The smallest absolute Gasteiger partial charge is 0.149 e. The molecule has 0 bridgehead atoms. The Balaban J connectivity index is 2.03. The molecule has 19 heavy (non-hydrogen) atoms. The molecule has 0 aliphatic heterocycles. The van der Waals surface area contributed by atoms with E-state index in [1.54, 1.807) is 6.07 Å². The predicted molar refractivity (Wildman–Crippen MR) is 77.7 cm³/mol. The van der Waals surface area contributed by atoms with Gasteiger partial charge in [-0.25, -0.2) is 4.39 Å². The molecular weight excluding hydrogens is 309 g/mol. The summed E-state index contributed by atoms with van der Waals surface area (Å²) >= 11 is 3.38. The Bertz CT molecular complexity index is 604. The van der Waals surface area contributed by atoms with Crippen molar-refractivity contribution in [2.24, 2.45) is 0 Å². The van der Waals surface area contributed by atoms with Crippen LogP contribution in [0.3, 0.4) is 0 Å². The lowest BCUT2D eigenvalue weighted by Crippen LogP contribution is -2.15. The van der Waals surface area contributed by atoms with E-state index in [-0.39, 0.29) is 5.82 Å². The van der Waals surface area contributed by atoms with E-state index >= 15 is 0 Å². The first-order valence-electron chi connectivity index (χ1n) is 6.81. The number of nitrogens with one attached hydrogen (secondary N) is 1. The van der Waals surface area contributed by atoms with Gasteiger partial charge in [0.2, 0.25) is 0 Å². The van der Waals surface area contributed by atoms with Crippen LogP contribution >= 0.6 is 15.9 Å². The van der Waals surface area contributed by atoms with Crippen LogP contribution in [-0.4, -0.2) is 6.04 Å². The number of halogens is 2. The van der Waals surface area contributed by atoms with Crippen LogP contribution in [-0.2, 0) is 13.0 Å². The molecule has 0 unspecified atom stereocenters. The highest BCUT2D eigenvalue weighted by atomic mass is 79.9. The minimum absolute atomic E-state index is 0.223. The summed E-state index contributed by atoms with van der Waals surface area (Å²) in [5, 5.41) is 4.37. The number of benzene rings is 1. The van der Waals surface area contributed by atoms with E-state index in [0.29, 0.717) is 10.5 Å². The molecule has 0 atom stereocenters. The molecule has 1 saturated carbocycles. The average molecular weight is 326 g/mol. The van der Waals surface area contributed by atoms with E-state index in [1.165, 1.54) is 18.9 Å². The van der Waals surface area contributed by atoms with E-state index in [2.05, 4.69) is 28.2 Å². The molecule has 2 aromatic rings. The zero-order chi connectivity index (χ0) is 13.4. The molecule has 0 amide bonds. The molecule has 4 heteroatoms. The van der Waals surface area contributed by atoms with Crippen molar-refractivity contribution in [3.05, 3.63) is 33.7 Å². The molecule has 2 nitrogen and oxygen atoms in total. The molecule has 0 spiro atoms. The van der Waals surface area contributed by atoms with E-state index in [1.807, 2.05) is 0 Å². The Morgan fingerprint density at radius 2 is 2.21 bits per heavy atom. The predicted octanol–water partition coefficient (Wildman–Crippen LogP) is 4.54. The maximum absolute atomic E-state index is 13.6. The van der Waals surface area contributed by atoms with Crippen LogP contribution in [0.2, 0.25) is 0 Å². The van der Waals surface area contributed by atoms with Crippen molar-refractivity contribution in [3.63, 3.8) is 0 Å². The highest BCUT2D eigenvalue weighted by molar-refractivity contribution is 9.10. The summed E-state index contributed by atoms with van der Waals surface area (Å²) in [4.78, 5) is 0. The van der Waals surface area contributed by atoms with E-state index in [9.17, 15) is 4.39 Å². The topological polar surface area (TPSA) is 25.2 Å². The molecule has 1 heterocycles. The van der Waals surface area contributed by atoms with Gasteiger partial charge in [0.25, 0.3) is 0 Å². The van der Waals surface area contributed by atoms with Crippen LogP contribution < -0.4 is 5.32 Å². The summed E-state index contributed by atoms with van der Waals surface area (Å²) < 4.78 is 20.2. The Morgan fingerprint density at radius 3 is 2.89 bits per heavy atom. The second-order valence-corrected chi connectivity index (χ2v) is 6.03. The van der Waals surface area contributed by atoms with Crippen molar-refractivity contribution < 1.29 is 8.81 Å². The number of aryl methyl sites for hydroxylation is 1. The van der Waals surface area contributed by atoms with Crippen molar-refractivity contribution in [2.75, 3.05) is 0 Å². The van der Waals surface area contributed by atoms with E-state index in [0.717, 1.165) is 41.7 Å². The number of rotatable bonds is 5. The third-order valence-electron chi connectivity index (χ3n) is 3.52. The van der Waals surface area contributed by atoms with Gasteiger partial charge in [-0.05, 0) is 47.3 Å². The molecule has 1 N–H and O–H groups in total. The standard InChI is InChI=1S/C15H17BrFNO/c1-2-3-11-12-6-9(17)7-13(16)15(12)19-14(11)8-18-10-4-5-10/h6-7,10,18H,2-5,8H2,1H3. The second kappa shape index (κ2) is 5.25. The van der Waals surface area contributed by atoms with Gasteiger partial charge in [0.05, 0.1) is 11.0 Å². The Hall–Kier alpha value is -0.870. The molecule has 1 aliphatic carbocycles. The van der Waals surface area contributed by atoms with Crippen LogP contribution in [0.4, 0.5) is 4.39 Å². The van der Waals surface area contributed by atoms with Gasteiger partial charge in [0.1, 0.15) is 17.2 Å². The monoisotopic (exact) mass is 325 g/mol. The molecular formula is C15H17BrFNO. The molecule has 3 rings (SSSR count). The van der Waals surface area contributed by atoms with Gasteiger partial charge < -0.3 is 9.73 Å². The molecule has 1 fully saturated rings. The average Bonchev–Trinajstić information content (AvgIpc) is 3.13. The molecule has 0 radical (unpaired) electrons. The van der Waals surface area contributed by atoms with Crippen LogP contribution in [0.1, 0.15) is 37.5 Å². The lowest BCUT2D eigenvalue weighted by atomic mass is 10.1. The SMILES string of the molecule is CCCc1c(CNC2CC2)oc2c(Br)cc(F)cc12. The molecule has 1 aromatic carbocycles. The van der Waals surface area contributed by atoms with Crippen LogP contribution in [0.25, 0.3) is 11.0 Å². The van der Waals surface area contributed by atoms with Gasteiger partial charge in [-0.1, -0.05) is 13.3 Å². The van der Waals surface area contributed by atoms with Crippen molar-refractivity contribution in [1.82, 2.24) is 5.32 Å². The van der Waals surface area contributed by atoms with Crippen LogP contribution in [0, 0.1) is 5.82 Å². The summed E-state index contributed by atoms with van der Waals surface area (Å²) in [5.41, 5.74) is 1.91. The van der Waals surface area contributed by atoms with E-state index in [4.69, 9.17) is 4.42 Å². The Kier molecular flexibility index (Phi) is 3.63. The van der Waals surface area contributed by atoms with Gasteiger partial charge in [0.15, 0.2) is 0 Å². The first-order chi connectivity index (χ1) is 9.19. The van der Waals surface area contributed by atoms with Gasteiger partial charge in [-0.2, -0.15) is 0 Å². The van der Waals surface area contributed by atoms with Crippen molar-refractivity contribution >= 4 is 26.9 Å². The minimum atomic E-state index is -0.223. The fourth-order valence-corrected chi connectivity index (χ4v) is 2.93. The zero-order valence-corrected chi connectivity index (χ0v) is 12.5. The maximum atomic E-state index is 13.6. The van der Waals surface area contributed by atoms with Crippen molar-refractivity contribution in [3.8, 4) is 0 Å². The van der Waals surface area contributed by atoms with Crippen LogP contribution in [0.15, 0.2) is 21.0 Å². The lowest BCUT2D eigenvalue weighted by molar-refractivity contribution is 0.504. The molecule has 102 valence electrons. The third kappa shape index (κ3) is 2.70. The van der Waals surface area contributed by atoms with E-state index < -0.39 is 0 Å². The Morgan fingerprint density at radius 1 is 1.42 bits per heavy atom. The summed E-state index contributed by atoms with van der Waals surface area (Å²) in [6.07, 6.45) is 4.45. The highest BCUT2D eigenvalue weighted by Crippen LogP contribution is 2.33. The number of hydrogen-bond acceptors (Lipinski definition) is 2. The van der Waals surface area contributed by atoms with Gasteiger partial charge in [-0.15, -0.1) is 0 Å². The van der Waals surface area contributed by atoms with Gasteiger partial charge in [-0.3, -0.25) is 0 Å².